The Morgan fingerprint density at radius 1 is 1.27 bits per heavy atom. The summed E-state index contributed by atoms with van der Waals surface area (Å²) < 4.78 is 22.2. The minimum absolute atomic E-state index is 0.177. The Hall–Kier alpha value is -4.03. The number of likely N-dealkylation sites (tertiary alicyclic amines) is 2. The number of anilines is 3. The normalized spacial score (nSPS) is 23.4. The van der Waals surface area contributed by atoms with Crippen LogP contribution in [0, 0.1) is 6.92 Å². The van der Waals surface area contributed by atoms with Crippen LogP contribution in [0.25, 0.3) is 22.2 Å². The van der Waals surface area contributed by atoms with Gasteiger partial charge in [0.15, 0.2) is 0 Å². The van der Waals surface area contributed by atoms with Crippen LogP contribution in [0.4, 0.5) is 21.7 Å². The zero-order valence-electron chi connectivity index (χ0n) is 24.0. The minimum atomic E-state index is -1.40. The lowest BCUT2D eigenvalue weighted by Crippen LogP contribution is -2.46. The van der Waals surface area contributed by atoms with E-state index in [-0.39, 0.29) is 24.9 Å². The number of aryl methyl sites for hydroxylation is 2. The Morgan fingerprint density at radius 3 is 2.85 bits per heavy atom. The van der Waals surface area contributed by atoms with E-state index in [0.717, 1.165) is 47.2 Å². The molecule has 2 aliphatic rings. The van der Waals surface area contributed by atoms with Gasteiger partial charge in [0.1, 0.15) is 11.4 Å². The first-order valence-electron chi connectivity index (χ1n) is 13.8. The smallest absolute Gasteiger partial charge is 0.256 e. The highest BCUT2D eigenvalue weighted by molar-refractivity contribution is 6.07. The number of para-hydroxylation sites is 1. The van der Waals surface area contributed by atoms with Gasteiger partial charge in [0.25, 0.3) is 5.88 Å². The molecule has 11 nitrogen and oxygen atoms in total. The Kier molecular flexibility index (Phi) is 6.90. The topological polar surface area (TPSA) is 116 Å². The largest absolute Gasteiger partial charge is 0.478 e. The quantitative estimate of drug-likeness (QED) is 0.312. The predicted octanol–water partition coefficient (Wildman–Crippen LogP) is 3.86. The van der Waals surface area contributed by atoms with Crippen molar-refractivity contribution in [2.24, 2.45) is 7.05 Å². The summed E-state index contributed by atoms with van der Waals surface area (Å²) in [5.74, 6) is 0.670. The van der Waals surface area contributed by atoms with Crippen molar-refractivity contribution < 1.29 is 13.9 Å². The molecule has 3 N–H and O–H groups in total. The van der Waals surface area contributed by atoms with Crippen molar-refractivity contribution >= 4 is 34.1 Å². The number of ether oxygens (including phenoxy) is 1. The molecule has 216 valence electrons. The Labute approximate surface area is 238 Å². The molecule has 0 saturated carbocycles. The number of carbonyl (C=O) groups excluding carboxylic acids is 1. The van der Waals surface area contributed by atoms with Crippen molar-refractivity contribution in [3.05, 3.63) is 42.4 Å². The average Bonchev–Trinajstić information content (AvgIpc) is 3.70. The molecule has 2 saturated heterocycles. The van der Waals surface area contributed by atoms with Gasteiger partial charge >= 0.3 is 0 Å². The number of methoxy groups -OCH3 is 1. The fraction of sp³-hybridized carbons (Fsp3) is 0.448. The number of aromatic amines is 1. The number of aromatic nitrogens is 5. The molecule has 2 unspecified atom stereocenters. The second-order valence-electron chi connectivity index (χ2n) is 11.5. The molecule has 3 atom stereocenters. The summed E-state index contributed by atoms with van der Waals surface area (Å²) in [5, 5.41) is 11.5. The first-order chi connectivity index (χ1) is 19.6. The zero-order chi connectivity index (χ0) is 28.9. The Balaban J connectivity index is 1.27. The molecule has 0 spiro atoms. The molecule has 12 heteroatoms. The summed E-state index contributed by atoms with van der Waals surface area (Å²) in [4.78, 5) is 30.5. The lowest BCUT2D eigenvalue weighted by Gasteiger charge is -2.29. The van der Waals surface area contributed by atoms with Crippen LogP contribution >= 0.6 is 0 Å². The highest BCUT2D eigenvalue weighted by Gasteiger charge is 2.48. The van der Waals surface area contributed by atoms with E-state index in [1.165, 1.54) is 0 Å². The Morgan fingerprint density at radius 2 is 2.10 bits per heavy atom. The molecule has 1 amide bonds. The first kappa shape index (κ1) is 27.2. The van der Waals surface area contributed by atoms with E-state index in [4.69, 9.17) is 9.72 Å². The van der Waals surface area contributed by atoms with Crippen LogP contribution in [0.3, 0.4) is 0 Å². The standard InChI is InChI=1S/C29H36FN9O2/c1-17-12-32-28(34-22-15-38(4)36-27(22)41-5)35-24(17)20-13-31-25-19(20)7-6-8-21(25)33-26(40)23-11-29(2,30)16-39(23)18-9-10-37(3)14-18/h6-8,12-13,15,18,23,31H,9-11,14,16H2,1-5H3,(H,33,40)(H,32,34,35)/t18-,23?,29?/m1/s1. The third-order valence-electron chi connectivity index (χ3n) is 8.10. The average molecular weight is 562 g/mol. The van der Waals surface area contributed by atoms with E-state index >= 15 is 4.39 Å². The van der Waals surface area contributed by atoms with Gasteiger partial charge in [0.05, 0.1) is 36.2 Å². The summed E-state index contributed by atoms with van der Waals surface area (Å²) >= 11 is 0. The van der Waals surface area contributed by atoms with Crippen molar-refractivity contribution in [2.75, 3.05) is 44.4 Å². The highest BCUT2D eigenvalue weighted by atomic mass is 19.1. The van der Waals surface area contributed by atoms with Crippen LogP contribution in [0.5, 0.6) is 5.88 Å². The van der Waals surface area contributed by atoms with Crippen molar-refractivity contribution in [1.82, 2.24) is 34.5 Å². The number of carbonyl (C=O) groups is 1. The van der Waals surface area contributed by atoms with Gasteiger partial charge in [-0.2, -0.15) is 0 Å². The van der Waals surface area contributed by atoms with Gasteiger partial charge in [-0.15, -0.1) is 5.10 Å². The fourth-order valence-electron chi connectivity index (χ4n) is 6.16. The molecular formula is C29H36FN9O2. The van der Waals surface area contributed by atoms with Crippen molar-refractivity contribution in [2.45, 2.75) is 44.4 Å². The van der Waals surface area contributed by atoms with Gasteiger partial charge in [-0.1, -0.05) is 12.1 Å². The van der Waals surface area contributed by atoms with Gasteiger partial charge in [0.2, 0.25) is 11.9 Å². The van der Waals surface area contributed by atoms with Gasteiger partial charge in [-0.3, -0.25) is 14.4 Å². The number of amides is 1. The number of hydrogen-bond acceptors (Lipinski definition) is 8. The SMILES string of the molecule is COc1nn(C)cc1Nc1ncc(C)c(-c2c[nH]c3c(NC(=O)C4CC(C)(F)CN4[C@@H]4CCN(C)C4)cccc23)n1. The summed E-state index contributed by atoms with van der Waals surface area (Å²) in [6, 6.07) is 5.42. The number of nitrogens with one attached hydrogen (secondary N) is 3. The summed E-state index contributed by atoms with van der Waals surface area (Å²) in [7, 11) is 5.44. The van der Waals surface area contributed by atoms with E-state index in [1.54, 1.807) is 31.1 Å². The molecule has 3 aromatic heterocycles. The molecule has 4 aromatic rings. The Bertz CT molecular complexity index is 1600. The number of fused-ring (bicyclic) bond motifs is 1. The molecular weight excluding hydrogens is 525 g/mol. The highest BCUT2D eigenvalue weighted by Crippen LogP contribution is 2.37. The monoisotopic (exact) mass is 561 g/mol. The van der Waals surface area contributed by atoms with Crippen molar-refractivity contribution in [1.29, 1.82) is 0 Å². The number of alkyl halides is 1. The summed E-state index contributed by atoms with van der Waals surface area (Å²) in [6.45, 7) is 5.63. The number of nitrogens with zero attached hydrogens (tertiary/aromatic N) is 6. The van der Waals surface area contributed by atoms with Crippen LogP contribution in [0.2, 0.25) is 0 Å². The molecule has 0 aliphatic carbocycles. The van der Waals surface area contributed by atoms with Gasteiger partial charge in [-0.05, 0) is 45.5 Å². The van der Waals surface area contributed by atoms with E-state index < -0.39 is 11.7 Å². The molecule has 41 heavy (non-hydrogen) atoms. The third-order valence-corrected chi connectivity index (χ3v) is 8.10. The lowest BCUT2D eigenvalue weighted by atomic mass is 10.0. The minimum Gasteiger partial charge on any atom is -0.478 e. The number of halogens is 1. The summed E-state index contributed by atoms with van der Waals surface area (Å²) in [5.41, 5.74) is 3.22. The first-order valence-corrected chi connectivity index (χ1v) is 13.8. The fourth-order valence-corrected chi connectivity index (χ4v) is 6.16. The maximum atomic E-state index is 15.2. The third kappa shape index (κ3) is 5.24. The van der Waals surface area contributed by atoms with Gasteiger partial charge in [0, 0.05) is 55.9 Å². The maximum Gasteiger partial charge on any atom is 0.256 e. The molecule has 5 heterocycles. The lowest BCUT2D eigenvalue weighted by molar-refractivity contribution is -0.121. The predicted molar refractivity (Wildman–Crippen MR) is 156 cm³/mol. The number of hydrogen-bond donors (Lipinski definition) is 3. The molecule has 2 fully saturated rings. The van der Waals surface area contributed by atoms with E-state index in [1.807, 2.05) is 38.4 Å². The number of rotatable bonds is 7. The van der Waals surface area contributed by atoms with Crippen molar-refractivity contribution in [3.8, 4) is 17.1 Å². The second kappa shape index (κ2) is 10.4. The molecule has 2 aliphatic heterocycles. The van der Waals surface area contributed by atoms with E-state index in [2.05, 4.69) is 42.5 Å². The molecule has 0 bridgehead atoms. The van der Waals surface area contributed by atoms with Gasteiger partial charge < -0.3 is 25.3 Å². The van der Waals surface area contributed by atoms with Crippen LogP contribution in [0.15, 0.2) is 36.8 Å². The molecule has 6 rings (SSSR count). The van der Waals surface area contributed by atoms with Crippen LogP contribution in [-0.2, 0) is 11.8 Å². The molecule has 1 aromatic carbocycles. The van der Waals surface area contributed by atoms with Crippen LogP contribution in [0.1, 0.15) is 25.3 Å². The van der Waals surface area contributed by atoms with Crippen LogP contribution < -0.4 is 15.4 Å². The summed E-state index contributed by atoms with van der Waals surface area (Å²) in [6.07, 6.45) is 6.57. The van der Waals surface area contributed by atoms with Crippen LogP contribution in [-0.4, -0.2) is 92.0 Å². The van der Waals surface area contributed by atoms with Gasteiger partial charge in [-0.25, -0.2) is 14.4 Å². The number of likely N-dealkylation sites (N-methyl/N-ethyl adjacent to an activating group) is 1. The zero-order valence-corrected chi connectivity index (χ0v) is 24.0. The second-order valence-corrected chi connectivity index (χ2v) is 11.5. The maximum absolute atomic E-state index is 15.2. The van der Waals surface area contributed by atoms with Crippen molar-refractivity contribution in [3.63, 3.8) is 0 Å². The van der Waals surface area contributed by atoms with E-state index in [9.17, 15) is 4.79 Å². The number of H-pyrrole nitrogens is 1. The molecule has 0 radical (unpaired) electrons. The van der Waals surface area contributed by atoms with E-state index in [0.29, 0.717) is 23.2 Å². The number of benzene rings is 1.